The largest absolute Gasteiger partial charge is 0.341 e. The zero-order valence-electron chi connectivity index (χ0n) is 18.8. The summed E-state index contributed by atoms with van der Waals surface area (Å²) in [5.41, 5.74) is 1.72. The van der Waals surface area contributed by atoms with Gasteiger partial charge in [-0.1, -0.05) is 61.4 Å². The minimum atomic E-state index is -0.263. The zero-order valence-corrected chi connectivity index (χ0v) is 18.8. The standard InChI is InChI=1S/C26H29N5O2/c32-23(29-17-9-10-18-29)19-30(21-13-7-8-14-21)26(33)24-27-25(20-11-3-1-4-12-20)31(28-24)22-15-5-2-6-16-22/h1-6,11-12,15-16,21H,7-10,13-14,17-19H2. The second-order valence-electron chi connectivity index (χ2n) is 8.83. The molecule has 7 heteroatoms. The predicted molar refractivity (Wildman–Crippen MR) is 126 cm³/mol. The van der Waals surface area contributed by atoms with Crippen molar-refractivity contribution in [1.82, 2.24) is 24.6 Å². The van der Waals surface area contributed by atoms with Crippen LogP contribution in [-0.2, 0) is 4.79 Å². The second kappa shape index (κ2) is 9.57. The second-order valence-corrected chi connectivity index (χ2v) is 8.83. The molecule has 0 bridgehead atoms. The van der Waals surface area contributed by atoms with Crippen LogP contribution in [0.3, 0.4) is 0 Å². The van der Waals surface area contributed by atoms with Gasteiger partial charge in [-0.05, 0) is 37.8 Å². The normalized spacial score (nSPS) is 16.3. The summed E-state index contributed by atoms with van der Waals surface area (Å²) < 4.78 is 1.72. The van der Waals surface area contributed by atoms with E-state index in [9.17, 15) is 9.59 Å². The van der Waals surface area contributed by atoms with Gasteiger partial charge in [-0.3, -0.25) is 9.59 Å². The van der Waals surface area contributed by atoms with E-state index in [0.29, 0.717) is 5.82 Å². The van der Waals surface area contributed by atoms with E-state index in [1.165, 1.54) is 0 Å². The molecule has 170 valence electrons. The molecule has 0 radical (unpaired) electrons. The number of rotatable bonds is 6. The number of carbonyl (C=O) groups excluding carboxylic acids is 2. The maximum Gasteiger partial charge on any atom is 0.294 e. The summed E-state index contributed by atoms with van der Waals surface area (Å²) >= 11 is 0. The van der Waals surface area contributed by atoms with Gasteiger partial charge in [0, 0.05) is 24.7 Å². The van der Waals surface area contributed by atoms with E-state index in [1.807, 2.05) is 65.6 Å². The first-order chi connectivity index (χ1) is 16.2. The van der Waals surface area contributed by atoms with Gasteiger partial charge in [0.1, 0.15) is 6.54 Å². The summed E-state index contributed by atoms with van der Waals surface area (Å²) in [5, 5.41) is 4.64. The van der Waals surface area contributed by atoms with E-state index in [4.69, 9.17) is 0 Å². The van der Waals surface area contributed by atoms with Crippen molar-refractivity contribution >= 4 is 11.8 Å². The summed E-state index contributed by atoms with van der Waals surface area (Å²) in [6.07, 6.45) is 6.06. The molecule has 7 nitrogen and oxygen atoms in total. The number of carbonyl (C=O) groups is 2. The van der Waals surface area contributed by atoms with Crippen LogP contribution in [0.4, 0.5) is 0 Å². The van der Waals surface area contributed by atoms with Crippen molar-refractivity contribution in [2.45, 2.75) is 44.6 Å². The first-order valence-electron chi connectivity index (χ1n) is 11.9. The quantitative estimate of drug-likeness (QED) is 0.579. The van der Waals surface area contributed by atoms with Crippen LogP contribution in [0, 0.1) is 0 Å². The van der Waals surface area contributed by atoms with Crippen molar-refractivity contribution < 1.29 is 9.59 Å². The van der Waals surface area contributed by atoms with Crippen molar-refractivity contribution in [3.63, 3.8) is 0 Å². The molecule has 2 aromatic carbocycles. The third-order valence-corrected chi connectivity index (χ3v) is 6.62. The molecule has 2 fully saturated rings. The summed E-state index contributed by atoms with van der Waals surface area (Å²) in [5.74, 6) is 0.515. The van der Waals surface area contributed by atoms with Crippen LogP contribution < -0.4 is 0 Å². The van der Waals surface area contributed by atoms with Crippen LogP contribution in [0.25, 0.3) is 17.1 Å². The van der Waals surface area contributed by atoms with Gasteiger partial charge < -0.3 is 9.80 Å². The van der Waals surface area contributed by atoms with Crippen molar-refractivity contribution in [3.8, 4) is 17.1 Å². The van der Waals surface area contributed by atoms with Gasteiger partial charge in [0.15, 0.2) is 5.82 Å². The highest BCUT2D eigenvalue weighted by Gasteiger charge is 2.33. The highest BCUT2D eigenvalue weighted by atomic mass is 16.2. The molecule has 0 spiro atoms. The Morgan fingerprint density at radius 1 is 0.879 bits per heavy atom. The van der Waals surface area contributed by atoms with Crippen LogP contribution in [0.15, 0.2) is 60.7 Å². The van der Waals surface area contributed by atoms with Gasteiger partial charge >= 0.3 is 0 Å². The number of benzene rings is 2. The van der Waals surface area contributed by atoms with E-state index in [1.54, 1.807) is 9.58 Å². The lowest BCUT2D eigenvalue weighted by molar-refractivity contribution is -0.131. The van der Waals surface area contributed by atoms with Crippen LogP contribution >= 0.6 is 0 Å². The van der Waals surface area contributed by atoms with E-state index < -0.39 is 0 Å². The molecular weight excluding hydrogens is 414 g/mol. The van der Waals surface area contributed by atoms with E-state index in [-0.39, 0.29) is 30.2 Å². The fourth-order valence-corrected chi connectivity index (χ4v) is 4.85. The Bertz CT molecular complexity index is 1040. The summed E-state index contributed by atoms with van der Waals surface area (Å²) in [4.78, 5) is 35.0. The van der Waals surface area contributed by atoms with Gasteiger partial charge in [-0.2, -0.15) is 0 Å². The minimum Gasteiger partial charge on any atom is -0.341 e. The highest BCUT2D eigenvalue weighted by Crippen LogP contribution is 2.26. The summed E-state index contributed by atoms with van der Waals surface area (Å²) in [6, 6.07) is 19.5. The average molecular weight is 444 g/mol. The topological polar surface area (TPSA) is 71.3 Å². The molecule has 1 saturated carbocycles. The summed E-state index contributed by atoms with van der Waals surface area (Å²) in [6.45, 7) is 1.67. The first-order valence-corrected chi connectivity index (χ1v) is 11.9. The lowest BCUT2D eigenvalue weighted by Gasteiger charge is -2.29. The smallest absolute Gasteiger partial charge is 0.294 e. The maximum absolute atomic E-state index is 13.7. The number of amides is 2. The van der Waals surface area contributed by atoms with Crippen LogP contribution in [0.1, 0.15) is 49.1 Å². The van der Waals surface area contributed by atoms with Gasteiger partial charge in [0.05, 0.1) is 5.69 Å². The van der Waals surface area contributed by atoms with E-state index >= 15 is 0 Å². The molecule has 2 heterocycles. The first kappa shape index (κ1) is 21.4. The molecule has 2 aliphatic rings. The zero-order chi connectivity index (χ0) is 22.6. The molecule has 0 N–H and O–H groups in total. The minimum absolute atomic E-state index is 0.0264. The molecule has 1 saturated heterocycles. The molecule has 0 atom stereocenters. The Morgan fingerprint density at radius 3 is 2.18 bits per heavy atom. The third-order valence-electron chi connectivity index (χ3n) is 6.62. The fraction of sp³-hybridized carbons (Fsp3) is 0.385. The molecule has 1 aliphatic carbocycles. The summed E-state index contributed by atoms with van der Waals surface area (Å²) in [7, 11) is 0. The number of nitrogens with zero attached hydrogens (tertiary/aromatic N) is 5. The maximum atomic E-state index is 13.7. The Kier molecular flexibility index (Phi) is 6.19. The molecule has 5 rings (SSSR count). The van der Waals surface area contributed by atoms with Crippen molar-refractivity contribution in [2.24, 2.45) is 0 Å². The van der Waals surface area contributed by atoms with Crippen molar-refractivity contribution in [3.05, 3.63) is 66.5 Å². The SMILES string of the molecule is O=C(CN(C(=O)c1nc(-c2ccccc2)n(-c2ccccc2)n1)C1CCCC1)N1CCCC1. The van der Waals surface area contributed by atoms with E-state index in [0.717, 1.165) is 62.9 Å². The van der Waals surface area contributed by atoms with Crippen molar-refractivity contribution in [1.29, 1.82) is 0 Å². The predicted octanol–water partition coefficient (Wildman–Crippen LogP) is 3.94. The molecule has 0 unspecified atom stereocenters. The lowest BCUT2D eigenvalue weighted by Crippen LogP contribution is -2.46. The van der Waals surface area contributed by atoms with Gasteiger partial charge in [-0.25, -0.2) is 9.67 Å². The van der Waals surface area contributed by atoms with E-state index in [2.05, 4.69) is 10.1 Å². The number of para-hydroxylation sites is 1. The number of hydrogen-bond donors (Lipinski definition) is 0. The lowest BCUT2D eigenvalue weighted by atomic mass is 10.2. The number of aromatic nitrogens is 3. The fourth-order valence-electron chi connectivity index (χ4n) is 4.85. The molecule has 3 aromatic rings. The van der Waals surface area contributed by atoms with Crippen LogP contribution in [0.5, 0.6) is 0 Å². The molecule has 1 aliphatic heterocycles. The Labute approximate surface area is 194 Å². The number of hydrogen-bond acceptors (Lipinski definition) is 4. The van der Waals surface area contributed by atoms with Crippen LogP contribution in [-0.4, -0.2) is 62.1 Å². The molecule has 33 heavy (non-hydrogen) atoms. The van der Waals surface area contributed by atoms with Crippen molar-refractivity contribution in [2.75, 3.05) is 19.6 Å². The third kappa shape index (κ3) is 4.53. The van der Waals surface area contributed by atoms with Gasteiger partial charge in [0.2, 0.25) is 11.7 Å². The molecule has 2 amide bonds. The monoisotopic (exact) mass is 443 g/mol. The Balaban J connectivity index is 1.50. The van der Waals surface area contributed by atoms with Gasteiger partial charge in [-0.15, -0.1) is 5.10 Å². The molecular formula is C26H29N5O2. The van der Waals surface area contributed by atoms with Gasteiger partial charge in [0.25, 0.3) is 5.91 Å². The number of likely N-dealkylation sites (tertiary alicyclic amines) is 1. The Morgan fingerprint density at radius 2 is 1.52 bits per heavy atom. The van der Waals surface area contributed by atoms with Crippen LogP contribution in [0.2, 0.25) is 0 Å². The molecule has 1 aromatic heterocycles. The Hall–Kier alpha value is -3.48. The highest BCUT2D eigenvalue weighted by molar-refractivity contribution is 5.94. The average Bonchev–Trinajstić information content (AvgIpc) is 3.64.